The Kier molecular flexibility index (Phi) is 59.0. The van der Waals surface area contributed by atoms with Crippen LogP contribution >= 0.6 is 0 Å². The lowest BCUT2D eigenvalue weighted by atomic mass is 9.99. The van der Waals surface area contributed by atoms with E-state index in [0.29, 0.717) is 6.42 Å². The first-order valence-corrected chi connectivity index (χ1v) is 35.3. The van der Waals surface area contributed by atoms with E-state index in [2.05, 4.69) is 92.1 Å². The zero-order valence-electron chi connectivity index (χ0n) is 53.9. The lowest BCUT2D eigenvalue weighted by Gasteiger charge is -2.40. The van der Waals surface area contributed by atoms with E-state index in [1.807, 2.05) is 6.08 Å². The summed E-state index contributed by atoms with van der Waals surface area (Å²) < 4.78 is 11.3. The van der Waals surface area contributed by atoms with Gasteiger partial charge in [-0.05, 0) is 77.0 Å². The van der Waals surface area contributed by atoms with E-state index in [-0.39, 0.29) is 12.5 Å². The normalized spacial score (nSPS) is 18.8. The number of amides is 1. The van der Waals surface area contributed by atoms with E-state index >= 15 is 0 Å². The van der Waals surface area contributed by atoms with Crippen molar-refractivity contribution in [3.05, 3.63) is 85.1 Å². The molecule has 1 amide bonds. The molecule has 6 N–H and O–H groups in total. The number of rotatable bonds is 61. The molecule has 0 spiro atoms. The van der Waals surface area contributed by atoms with Crippen LogP contribution in [0.2, 0.25) is 0 Å². The summed E-state index contributed by atoms with van der Waals surface area (Å²) >= 11 is 0. The highest BCUT2D eigenvalue weighted by Gasteiger charge is 2.44. The number of carbonyl (C=O) groups is 1. The van der Waals surface area contributed by atoms with Gasteiger partial charge < -0.3 is 40.3 Å². The smallest absolute Gasteiger partial charge is 0.220 e. The van der Waals surface area contributed by atoms with Crippen molar-refractivity contribution in [2.75, 3.05) is 13.2 Å². The quantitative estimate of drug-likeness (QED) is 0.0261. The summed E-state index contributed by atoms with van der Waals surface area (Å²) in [5.41, 5.74) is 0. The number of nitrogens with one attached hydrogen (secondary N) is 1. The third kappa shape index (κ3) is 51.2. The molecule has 482 valence electrons. The summed E-state index contributed by atoms with van der Waals surface area (Å²) in [7, 11) is 0. The Hall–Kier alpha value is -2.63. The first-order valence-electron chi connectivity index (χ1n) is 35.3. The highest BCUT2D eigenvalue weighted by atomic mass is 16.7. The Balaban J connectivity index is 2.11. The van der Waals surface area contributed by atoms with Gasteiger partial charge in [0.15, 0.2) is 6.29 Å². The van der Waals surface area contributed by atoms with Gasteiger partial charge in [-0.25, -0.2) is 0 Å². The molecule has 0 aromatic carbocycles. The standard InChI is InChI=1S/C74H133NO8/c1-3-5-7-9-11-13-15-17-19-21-23-25-27-28-29-30-31-32-33-34-35-36-37-38-39-40-42-44-46-48-50-52-54-56-58-60-62-64-70(78)75-67(66-82-74-73(81)72(80)71(79)69(65-76)83-74)68(77)63-61-59-57-55-53-51-49-47-45-43-41-26-24-22-20-18-16-14-12-10-8-6-4-2/h5,7,11,13,17,19,23,25,28-29,53,55,61,63,67-69,71-74,76-77,79-81H,3-4,6,8-10,12,14-16,18,20-22,24,26-27,30-52,54,56-60,62,64-66H2,1-2H3,(H,75,78)/b7-5-,13-11-,19-17-,25-23-,29-28-,55-53+,63-61+. The topological polar surface area (TPSA) is 149 Å². The van der Waals surface area contributed by atoms with E-state index in [0.717, 1.165) is 70.6 Å². The molecule has 0 saturated carbocycles. The predicted molar refractivity (Wildman–Crippen MR) is 355 cm³/mol. The van der Waals surface area contributed by atoms with E-state index in [4.69, 9.17) is 9.47 Å². The highest BCUT2D eigenvalue weighted by molar-refractivity contribution is 5.76. The van der Waals surface area contributed by atoms with Crippen molar-refractivity contribution in [2.24, 2.45) is 0 Å². The number of hydrogen-bond acceptors (Lipinski definition) is 8. The van der Waals surface area contributed by atoms with Gasteiger partial charge in [0.05, 0.1) is 25.4 Å². The van der Waals surface area contributed by atoms with E-state index in [1.165, 1.54) is 231 Å². The molecule has 1 heterocycles. The maximum Gasteiger partial charge on any atom is 0.220 e. The Morgan fingerprint density at radius 1 is 0.422 bits per heavy atom. The highest BCUT2D eigenvalue weighted by Crippen LogP contribution is 2.23. The number of allylic oxidation sites excluding steroid dienone is 13. The molecule has 1 fully saturated rings. The second kappa shape index (κ2) is 62.4. The van der Waals surface area contributed by atoms with Crippen LogP contribution in [0.3, 0.4) is 0 Å². The lowest BCUT2D eigenvalue weighted by molar-refractivity contribution is -0.302. The summed E-state index contributed by atoms with van der Waals surface area (Å²) in [5, 5.41) is 54.7. The fourth-order valence-electron chi connectivity index (χ4n) is 11.0. The maximum absolute atomic E-state index is 13.1. The van der Waals surface area contributed by atoms with Gasteiger partial charge in [-0.15, -0.1) is 0 Å². The van der Waals surface area contributed by atoms with Crippen LogP contribution in [0.5, 0.6) is 0 Å². The zero-order chi connectivity index (χ0) is 60.0. The molecule has 83 heavy (non-hydrogen) atoms. The van der Waals surface area contributed by atoms with Gasteiger partial charge in [-0.1, -0.05) is 324 Å². The minimum Gasteiger partial charge on any atom is -0.394 e. The van der Waals surface area contributed by atoms with Gasteiger partial charge in [0.1, 0.15) is 24.4 Å². The molecular formula is C74H133NO8. The number of aliphatic hydroxyl groups is 5. The van der Waals surface area contributed by atoms with Gasteiger partial charge in [-0.3, -0.25) is 4.79 Å². The van der Waals surface area contributed by atoms with E-state index in [9.17, 15) is 30.3 Å². The average Bonchev–Trinajstić information content (AvgIpc) is 3.60. The molecule has 9 heteroatoms. The lowest BCUT2D eigenvalue weighted by Crippen LogP contribution is -2.60. The summed E-state index contributed by atoms with van der Waals surface area (Å²) in [6, 6.07) is -0.825. The molecule has 7 unspecified atom stereocenters. The maximum atomic E-state index is 13.1. The number of carbonyl (C=O) groups excluding carboxylic acids is 1. The number of ether oxygens (including phenoxy) is 2. The van der Waals surface area contributed by atoms with Crippen LogP contribution in [0.1, 0.15) is 322 Å². The third-order valence-corrected chi connectivity index (χ3v) is 16.5. The average molecular weight is 1160 g/mol. The van der Waals surface area contributed by atoms with Crippen molar-refractivity contribution in [3.63, 3.8) is 0 Å². The summed E-state index contributed by atoms with van der Waals surface area (Å²) in [5.74, 6) is -0.183. The second-order valence-corrected chi connectivity index (χ2v) is 24.3. The number of aliphatic hydroxyl groups excluding tert-OH is 5. The van der Waals surface area contributed by atoms with Crippen molar-refractivity contribution in [1.29, 1.82) is 0 Å². The van der Waals surface area contributed by atoms with E-state index < -0.39 is 49.5 Å². The van der Waals surface area contributed by atoms with Crippen LogP contribution in [0.25, 0.3) is 0 Å². The molecule has 0 bridgehead atoms. The fourth-order valence-corrected chi connectivity index (χ4v) is 11.0. The molecule has 9 nitrogen and oxygen atoms in total. The van der Waals surface area contributed by atoms with Crippen LogP contribution in [0.4, 0.5) is 0 Å². The summed E-state index contributed by atoms with van der Waals surface area (Å²) in [6.45, 7) is 3.69. The summed E-state index contributed by atoms with van der Waals surface area (Å²) in [6.07, 6.45) is 82.7. The first kappa shape index (κ1) is 78.4. The Labute approximate surface area is 511 Å². The van der Waals surface area contributed by atoms with Crippen molar-refractivity contribution in [2.45, 2.75) is 365 Å². The predicted octanol–water partition coefficient (Wildman–Crippen LogP) is 19.3. The molecule has 0 aromatic rings. The van der Waals surface area contributed by atoms with Crippen LogP contribution in [0.15, 0.2) is 85.1 Å². The number of unbranched alkanes of at least 4 members (excludes halogenated alkanes) is 39. The van der Waals surface area contributed by atoms with Crippen LogP contribution in [0, 0.1) is 0 Å². The molecule has 7 atom stereocenters. The Bertz CT molecular complexity index is 1590. The second-order valence-electron chi connectivity index (χ2n) is 24.3. The Morgan fingerprint density at radius 3 is 1.16 bits per heavy atom. The minimum absolute atomic E-state index is 0.183. The molecule has 1 saturated heterocycles. The van der Waals surface area contributed by atoms with Crippen molar-refractivity contribution < 1.29 is 39.8 Å². The molecule has 1 aliphatic heterocycles. The molecule has 1 aliphatic rings. The van der Waals surface area contributed by atoms with Crippen LogP contribution in [-0.2, 0) is 14.3 Å². The SMILES string of the molecule is CC/C=C\C/C=C\C/C=C\C/C=C\C/C=C\CCCCCCCCCCCCCCCCCCCCCCCC(=O)NC(COC1OC(CO)C(O)C(O)C1O)C(O)/C=C/CC/C=C/CCCCCCCCCCCCCCCCCCC. The zero-order valence-corrected chi connectivity index (χ0v) is 53.9. The Morgan fingerprint density at radius 2 is 0.759 bits per heavy atom. The molecule has 0 aromatic heterocycles. The van der Waals surface area contributed by atoms with Gasteiger partial charge in [0.2, 0.25) is 5.91 Å². The van der Waals surface area contributed by atoms with Crippen molar-refractivity contribution in [1.82, 2.24) is 5.32 Å². The largest absolute Gasteiger partial charge is 0.394 e. The van der Waals surface area contributed by atoms with Crippen LogP contribution < -0.4 is 5.32 Å². The summed E-state index contributed by atoms with van der Waals surface area (Å²) in [4.78, 5) is 13.1. The minimum atomic E-state index is -1.57. The van der Waals surface area contributed by atoms with Gasteiger partial charge in [-0.2, -0.15) is 0 Å². The third-order valence-electron chi connectivity index (χ3n) is 16.5. The van der Waals surface area contributed by atoms with Gasteiger partial charge in [0, 0.05) is 6.42 Å². The van der Waals surface area contributed by atoms with Gasteiger partial charge >= 0.3 is 0 Å². The van der Waals surface area contributed by atoms with Gasteiger partial charge in [0.25, 0.3) is 0 Å². The molecule has 0 aliphatic carbocycles. The molecule has 1 rings (SSSR count). The van der Waals surface area contributed by atoms with E-state index in [1.54, 1.807) is 6.08 Å². The first-order chi connectivity index (χ1) is 40.8. The van der Waals surface area contributed by atoms with Crippen molar-refractivity contribution >= 4 is 5.91 Å². The number of hydrogen-bond donors (Lipinski definition) is 6. The van der Waals surface area contributed by atoms with Crippen molar-refractivity contribution in [3.8, 4) is 0 Å². The molecular weight excluding hydrogens is 1030 g/mol. The molecule has 0 radical (unpaired) electrons. The fraction of sp³-hybridized carbons (Fsp3) is 0.797. The monoisotopic (exact) mass is 1160 g/mol. The van der Waals surface area contributed by atoms with Crippen LogP contribution in [-0.4, -0.2) is 87.5 Å².